The quantitative estimate of drug-likeness (QED) is 0.877. The van der Waals surface area contributed by atoms with Crippen LogP contribution < -0.4 is 11.1 Å². The Morgan fingerprint density at radius 3 is 2.78 bits per heavy atom. The molecule has 1 aromatic carbocycles. The molecule has 1 unspecified atom stereocenters. The second-order valence-electron chi connectivity index (χ2n) is 4.59. The number of amides is 1. The second kappa shape index (κ2) is 6.29. The summed E-state index contributed by atoms with van der Waals surface area (Å²) in [4.78, 5) is 11.9. The van der Waals surface area contributed by atoms with Gasteiger partial charge in [0.1, 0.15) is 5.82 Å². The van der Waals surface area contributed by atoms with Gasteiger partial charge in [0, 0.05) is 11.0 Å². The van der Waals surface area contributed by atoms with Crippen LogP contribution in [-0.4, -0.2) is 11.4 Å². The smallest absolute Gasteiger partial charge is 0.240 e. The van der Waals surface area contributed by atoms with Gasteiger partial charge in [-0.25, -0.2) is 4.39 Å². The van der Waals surface area contributed by atoms with Crippen molar-refractivity contribution in [3.63, 3.8) is 0 Å². The Kier molecular flexibility index (Phi) is 5.28. The van der Waals surface area contributed by atoms with Crippen LogP contribution in [0.2, 0.25) is 0 Å². The number of hydrogen-bond donors (Lipinski definition) is 2. The molecule has 0 saturated heterocycles. The minimum Gasteiger partial charge on any atom is -0.350 e. The minimum absolute atomic E-state index is 0.194. The third-order valence-corrected chi connectivity index (χ3v) is 3.48. The number of halogens is 2. The van der Waals surface area contributed by atoms with Gasteiger partial charge in [0.25, 0.3) is 0 Å². The first-order chi connectivity index (χ1) is 8.36. The van der Waals surface area contributed by atoms with E-state index in [-0.39, 0.29) is 11.7 Å². The molecule has 18 heavy (non-hydrogen) atoms. The van der Waals surface area contributed by atoms with Crippen molar-refractivity contribution >= 4 is 21.8 Å². The average molecular weight is 317 g/mol. The Morgan fingerprint density at radius 1 is 1.56 bits per heavy atom. The van der Waals surface area contributed by atoms with Crippen molar-refractivity contribution in [2.45, 2.75) is 38.8 Å². The molecule has 5 heteroatoms. The molecule has 0 radical (unpaired) electrons. The summed E-state index contributed by atoms with van der Waals surface area (Å²) in [6.45, 7) is 4.02. The zero-order valence-electron chi connectivity index (χ0n) is 10.6. The van der Waals surface area contributed by atoms with E-state index < -0.39 is 5.54 Å². The van der Waals surface area contributed by atoms with Gasteiger partial charge in [-0.3, -0.25) is 4.79 Å². The first-order valence-electron chi connectivity index (χ1n) is 5.88. The molecule has 100 valence electrons. The van der Waals surface area contributed by atoms with E-state index in [9.17, 15) is 9.18 Å². The third-order valence-electron chi connectivity index (χ3n) is 2.74. The number of carbonyl (C=O) groups is 1. The molecule has 0 aliphatic rings. The molecule has 3 nitrogen and oxygen atoms in total. The van der Waals surface area contributed by atoms with E-state index in [1.807, 2.05) is 6.92 Å². The summed E-state index contributed by atoms with van der Waals surface area (Å²) in [5.41, 5.74) is 5.87. The van der Waals surface area contributed by atoms with Gasteiger partial charge in [-0.15, -0.1) is 0 Å². The molecule has 1 rings (SSSR count). The van der Waals surface area contributed by atoms with Crippen molar-refractivity contribution in [1.82, 2.24) is 5.32 Å². The van der Waals surface area contributed by atoms with Crippen LogP contribution in [-0.2, 0) is 11.3 Å². The van der Waals surface area contributed by atoms with Crippen LogP contribution in [0, 0.1) is 5.82 Å². The predicted molar refractivity (Wildman–Crippen MR) is 73.4 cm³/mol. The van der Waals surface area contributed by atoms with Crippen molar-refractivity contribution < 1.29 is 9.18 Å². The summed E-state index contributed by atoms with van der Waals surface area (Å²) in [7, 11) is 0. The number of carbonyl (C=O) groups excluding carboxylic acids is 1. The molecule has 0 saturated carbocycles. The Morgan fingerprint density at radius 2 is 2.22 bits per heavy atom. The highest BCUT2D eigenvalue weighted by molar-refractivity contribution is 9.10. The second-order valence-corrected chi connectivity index (χ2v) is 5.44. The van der Waals surface area contributed by atoms with Crippen molar-refractivity contribution in [2.24, 2.45) is 5.73 Å². The molecule has 0 spiro atoms. The Bertz CT molecular complexity index is 435. The van der Waals surface area contributed by atoms with Crippen LogP contribution in [0.3, 0.4) is 0 Å². The molecule has 0 fully saturated rings. The van der Waals surface area contributed by atoms with Crippen LogP contribution in [0.5, 0.6) is 0 Å². The number of rotatable bonds is 5. The highest BCUT2D eigenvalue weighted by Gasteiger charge is 2.26. The van der Waals surface area contributed by atoms with Crippen molar-refractivity contribution in [2.75, 3.05) is 0 Å². The normalized spacial score (nSPS) is 14.1. The lowest BCUT2D eigenvalue weighted by molar-refractivity contribution is -0.126. The number of nitrogens with one attached hydrogen (secondary N) is 1. The summed E-state index contributed by atoms with van der Waals surface area (Å²) in [6.07, 6.45) is 1.48. The van der Waals surface area contributed by atoms with Crippen LogP contribution in [0.1, 0.15) is 32.3 Å². The summed E-state index contributed by atoms with van der Waals surface area (Å²) < 4.78 is 13.5. The summed E-state index contributed by atoms with van der Waals surface area (Å²) in [5, 5.41) is 2.77. The Balaban J connectivity index is 2.62. The maximum Gasteiger partial charge on any atom is 0.240 e. The Hall–Kier alpha value is -0.940. The third kappa shape index (κ3) is 4.07. The first-order valence-corrected chi connectivity index (χ1v) is 6.67. The topological polar surface area (TPSA) is 55.1 Å². The standard InChI is InChI=1S/C13H18BrFN2O/c1-3-6-13(2,16)12(18)17-8-9-4-5-10(15)7-11(9)14/h4-5,7H,3,6,8,16H2,1-2H3,(H,17,18). The lowest BCUT2D eigenvalue weighted by atomic mass is 9.96. The van der Waals surface area contributed by atoms with Gasteiger partial charge in [0.05, 0.1) is 5.54 Å². The van der Waals surface area contributed by atoms with Gasteiger partial charge in [-0.2, -0.15) is 0 Å². The van der Waals surface area contributed by atoms with Gasteiger partial charge < -0.3 is 11.1 Å². The molecular formula is C13H18BrFN2O. The minimum atomic E-state index is -0.860. The van der Waals surface area contributed by atoms with Gasteiger partial charge in [0.2, 0.25) is 5.91 Å². The monoisotopic (exact) mass is 316 g/mol. The molecule has 0 aromatic heterocycles. The number of benzene rings is 1. The summed E-state index contributed by atoms with van der Waals surface area (Å²) in [5.74, 6) is -0.507. The van der Waals surface area contributed by atoms with E-state index in [1.54, 1.807) is 13.0 Å². The van der Waals surface area contributed by atoms with Crippen molar-refractivity contribution in [3.8, 4) is 0 Å². The van der Waals surface area contributed by atoms with Crippen LogP contribution in [0.15, 0.2) is 22.7 Å². The van der Waals surface area contributed by atoms with Crippen LogP contribution in [0.25, 0.3) is 0 Å². The maximum absolute atomic E-state index is 12.9. The van der Waals surface area contributed by atoms with E-state index >= 15 is 0 Å². The van der Waals surface area contributed by atoms with E-state index in [0.717, 1.165) is 12.0 Å². The summed E-state index contributed by atoms with van der Waals surface area (Å²) in [6, 6.07) is 4.36. The van der Waals surface area contributed by atoms with E-state index in [4.69, 9.17) is 5.73 Å². The summed E-state index contributed by atoms with van der Waals surface area (Å²) >= 11 is 3.26. The highest BCUT2D eigenvalue weighted by Crippen LogP contribution is 2.18. The molecular weight excluding hydrogens is 299 g/mol. The molecule has 0 aliphatic heterocycles. The predicted octanol–water partition coefficient (Wildman–Crippen LogP) is 2.72. The molecule has 1 aromatic rings. The fourth-order valence-corrected chi connectivity index (χ4v) is 2.17. The maximum atomic E-state index is 12.9. The lowest BCUT2D eigenvalue weighted by Crippen LogP contribution is -2.51. The zero-order valence-corrected chi connectivity index (χ0v) is 12.2. The van der Waals surface area contributed by atoms with E-state index in [2.05, 4.69) is 21.2 Å². The molecule has 1 atom stereocenters. The molecule has 0 aliphatic carbocycles. The number of hydrogen-bond acceptors (Lipinski definition) is 2. The van der Waals surface area contributed by atoms with Crippen LogP contribution in [0.4, 0.5) is 4.39 Å². The SMILES string of the molecule is CCCC(C)(N)C(=O)NCc1ccc(F)cc1Br. The first kappa shape index (κ1) is 15.1. The highest BCUT2D eigenvalue weighted by atomic mass is 79.9. The van der Waals surface area contributed by atoms with Crippen molar-refractivity contribution in [1.29, 1.82) is 0 Å². The molecule has 0 heterocycles. The van der Waals surface area contributed by atoms with Gasteiger partial charge in [0.15, 0.2) is 0 Å². The number of nitrogens with two attached hydrogens (primary N) is 1. The largest absolute Gasteiger partial charge is 0.350 e. The Labute approximate surface area is 115 Å². The molecule has 3 N–H and O–H groups in total. The fourth-order valence-electron chi connectivity index (χ4n) is 1.68. The average Bonchev–Trinajstić information content (AvgIpc) is 2.27. The van der Waals surface area contributed by atoms with E-state index in [1.165, 1.54) is 12.1 Å². The lowest BCUT2D eigenvalue weighted by Gasteiger charge is -2.23. The molecule has 1 amide bonds. The van der Waals surface area contributed by atoms with E-state index in [0.29, 0.717) is 17.4 Å². The van der Waals surface area contributed by atoms with Gasteiger partial charge >= 0.3 is 0 Å². The van der Waals surface area contributed by atoms with Gasteiger partial charge in [-0.05, 0) is 31.0 Å². The zero-order chi connectivity index (χ0) is 13.8. The van der Waals surface area contributed by atoms with Crippen molar-refractivity contribution in [3.05, 3.63) is 34.1 Å². The van der Waals surface area contributed by atoms with Crippen LogP contribution >= 0.6 is 15.9 Å². The fraction of sp³-hybridized carbons (Fsp3) is 0.462. The molecule has 0 bridgehead atoms. The van der Waals surface area contributed by atoms with Gasteiger partial charge in [-0.1, -0.05) is 35.3 Å².